The maximum absolute atomic E-state index is 11.8. The van der Waals surface area contributed by atoms with Gasteiger partial charge in [-0.05, 0) is 29.0 Å². The fraction of sp³-hybridized carbons (Fsp3) is 0.0400. The molecule has 0 bridgehead atoms. The minimum atomic E-state index is -0.224. The van der Waals surface area contributed by atoms with Crippen molar-refractivity contribution in [3.05, 3.63) is 72.9 Å². The maximum atomic E-state index is 11.8. The summed E-state index contributed by atoms with van der Waals surface area (Å²) < 4.78 is 0. The molecule has 6 nitrogen and oxygen atoms in total. The summed E-state index contributed by atoms with van der Waals surface area (Å²) in [7, 11) is 0. The van der Waals surface area contributed by atoms with E-state index in [9.17, 15) is 4.79 Å². The lowest BCUT2D eigenvalue weighted by molar-refractivity contribution is -0.114. The Morgan fingerprint density at radius 2 is 1.65 bits per heavy atom. The van der Waals surface area contributed by atoms with Gasteiger partial charge in [-0.2, -0.15) is 0 Å². The number of fused-ring (bicyclic) bond motifs is 7. The number of benzene rings is 4. The number of rotatable bonds is 3. The molecule has 0 atom stereocenters. The van der Waals surface area contributed by atoms with Crippen LogP contribution in [0.3, 0.4) is 0 Å². The Morgan fingerprint density at radius 3 is 2.48 bits per heavy atom. The van der Waals surface area contributed by atoms with E-state index in [4.69, 9.17) is 10.7 Å². The van der Waals surface area contributed by atoms with Gasteiger partial charge in [-0.3, -0.25) is 4.79 Å². The topological polar surface area (TPSA) is 99.6 Å². The first-order chi connectivity index (χ1) is 15.2. The number of H-pyrrole nitrogens is 2. The van der Waals surface area contributed by atoms with E-state index < -0.39 is 0 Å². The van der Waals surface area contributed by atoms with E-state index in [-0.39, 0.29) is 12.5 Å². The predicted octanol–water partition coefficient (Wildman–Crippen LogP) is 4.91. The number of aromatic amines is 2. The molecule has 6 rings (SSSR count). The Kier molecular flexibility index (Phi) is 3.81. The molecule has 0 aliphatic carbocycles. The van der Waals surface area contributed by atoms with Crippen molar-refractivity contribution in [2.45, 2.75) is 0 Å². The molecular formula is C25H19N5O. The third kappa shape index (κ3) is 2.69. The lowest BCUT2D eigenvalue weighted by atomic mass is 9.99. The molecule has 150 valence electrons. The number of carbonyl (C=O) groups excluding carboxylic acids is 1. The zero-order valence-corrected chi connectivity index (χ0v) is 16.6. The van der Waals surface area contributed by atoms with Gasteiger partial charge in [-0.15, -0.1) is 0 Å². The van der Waals surface area contributed by atoms with Crippen molar-refractivity contribution in [2.75, 3.05) is 11.9 Å². The van der Waals surface area contributed by atoms with E-state index in [0.717, 1.165) is 54.9 Å². The largest absolute Gasteiger partial charge is 0.360 e. The molecule has 0 radical (unpaired) electrons. The number of amides is 1. The quantitative estimate of drug-likeness (QED) is 0.315. The van der Waals surface area contributed by atoms with Gasteiger partial charge in [0.2, 0.25) is 5.91 Å². The highest BCUT2D eigenvalue weighted by Crippen LogP contribution is 2.37. The summed E-state index contributed by atoms with van der Waals surface area (Å²) in [6.07, 6.45) is 1.99. The average molecular weight is 405 g/mol. The van der Waals surface area contributed by atoms with Crippen molar-refractivity contribution < 1.29 is 4.79 Å². The molecule has 5 N–H and O–H groups in total. The van der Waals surface area contributed by atoms with Crippen molar-refractivity contribution in [2.24, 2.45) is 5.73 Å². The molecule has 1 amide bonds. The summed E-state index contributed by atoms with van der Waals surface area (Å²) in [6, 6.07) is 22.4. The van der Waals surface area contributed by atoms with E-state index in [0.29, 0.717) is 5.69 Å². The molecule has 0 saturated heterocycles. The number of nitrogens with one attached hydrogen (secondary N) is 3. The minimum Gasteiger partial charge on any atom is -0.360 e. The highest BCUT2D eigenvalue weighted by Gasteiger charge is 2.16. The van der Waals surface area contributed by atoms with Crippen molar-refractivity contribution in [1.29, 1.82) is 0 Å². The number of anilines is 1. The van der Waals surface area contributed by atoms with Gasteiger partial charge < -0.3 is 21.0 Å². The van der Waals surface area contributed by atoms with Gasteiger partial charge in [0.25, 0.3) is 0 Å². The lowest BCUT2D eigenvalue weighted by Gasteiger charge is -2.09. The van der Waals surface area contributed by atoms with Crippen molar-refractivity contribution >= 4 is 55.1 Å². The third-order valence-corrected chi connectivity index (χ3v) is 5.78. The van der Waals surface area contributed by atoms with Crippen LogP contribution in [0, 0.1) is 0 Å². The van der Waals surface area contributed by atoms with Crippen LogP contribution in [0.15, 0.2) is 72.9 Å². The van der Waals surface area contributed by atoms with Crippen LogP contribution < -0.4 is 11.1 Å². The minimum absolute atomic E-state index is 0.0573. The number of carbonyl (C=O) groups is 1. The molecule has 4 aromatic carbocycles. The first kappa shape index (κ1) is 17.7. The summed E-state index contributed by atoms with van der Waals surface area (Å²) >= 11 is 0. The summed E-state index contributed by atoms with van der Waals surface area (Å²) in [6.45, 7) is -0.0573. The summed E-state index contributed by atoms with van der Waals surface area (Å²) in [4.78, 5) is 23.7. The van der Waals surface area contributed by atoms with E-state index in [1.54, 1.807) is 0 Å². The Hall–Kier alpha value is -4.16. The number of para-hydroxylation sites is 1. The van der Waals surface area contributed by atoms with Crippen LogP contribution in [-0.4, -0.2) is 27.4 Å². The lowest BCUT2D eigenvalue weighted by Crippen LogP contribution is -2.21. The van der Waals surface area contributed by atoms with Crippen molar-refractivity contribution in [1.82, 2.24) is 15.0 Å². The van der Waals surface area contributed by atoms with Gasteiger partial charge in [0.05, 0.1) is 17.6 Å². The molecule has 0 aliphatic rings. The summed E-state index contributed by atoms with van der Waals surface area (Å²) in [5.41, 5.74) is 10.1. The van der Waals surface area contributed by atoms with E-state index in [2.05, 4.69) is 39.6 Å². The summed E-state index contributed by atoms with van der Waals surface area (Å²) in [5, 5.41) is 8.28. The SMILES string of the molecule is NCC(=O)Nc1ccc2c3ccccc3c3[nH]c(-c4c[nH]c5ccccc45)nc3c2c1. The maximum Gasteiger partial charge on any atom is 0.238 e. The molecule has 0 unspecified atom stereocenters. The zero-order chi connectivity index (χ0) is 20.9. The second kappa shape index (κ2) is 6.68. The number of aromatic nitrogens is 3. The molecule has 2 heterocycles. The Morgan fingerprint density at radius 1 is 0.903 bits per heavy atom. The van der Waals surface area contributed by atoms with Crippen LogP contribution in [0.2, 0.25) is 0 Å². The highest BCUT2D eigenvalue weighted by atomic mass is 16.1. The van der Waals surface area contributed by atoms with Crippen LogP contribution in [0.25, 0.3) is 54.9 Å². The van der Waals surface area contributed by atoms with Gasteiger partial charge in [-0.25, -0.2) is 4.98 Å². The molecule has 0 saturated carbocycles. The predicted molar refractivity (Wildman–Crippen MR) is 126 cm³/mol. The number of hydrogen-bond donors (Lipinski definition) is 4. The Labute approximate surface area is 177 Å². The van der Waals surface area contributed by atoms with E-state index in [1.165, 1.54) is 0 Å². The monoisotopic (exact) mass is 405 g/mol. The summed E-state index contributed by atoms with van der Waals surface area (Å²) in [5.74, 6) is 0.583. The first-order valence-corrected chi connectivity index (χ1v) is 10.1. The fourth-order valence-electron chi connectivity index (χ4n) is 4.36. The normalized spacial score (nSPS) is 11.6. The molecule has 0 spiro atoms. The van der Waals surface area contributed by atoms with Crippen molar-refractivity contribution in [3.63, 3.8) is 0 Å². The zero-order valence-electron chi connectivity index (χ0n) is 16.6. The molecule has 6 heteroatoms. The van der Waals surface area contributed by atoms with E-state index in [1.807, 2.05) is 48.7 Å². The second-order valence-corrected chi connectivity index (χ2v) is 7.62. The molecular weight excluding hydrogens is 386 g/mol. The number of imidazole rings is 1. The molecule has 6 aromatic rings. The third-order valence-electron chi connectivity index (χ3n) is 5.78. The fourth-order valence-corrected chi connectivity index (χ4v) is 4.36. The molecule has 0 fully saturated rings. The van der Waals surface area contributed by atoms with Crippen LogP contribution in [-0.2, 0) is 4.79 Å². The smallest absolute Gasteiger partial charge is 0.238 e. The Balaban J connectivity index is 1.67. The molecule has 2 aromatic heterocycles. The molecule has 0 aliphatic heterocycles. The van der Waals surface area contributed by atoms with Crippen molar-refractivity contribution in [3.8, 4) is 11.4 Å². The highest BCUT2D eigenvalue weighted by molar-refractivity contribution is 6.24. The van der Waals surface area contributed by atoms with Gasteiger partial charge in [0, 0.05) is 39.1 Å². The first-order valence-electron chi connectivity index (χ1n) is 10.1. The van der Waals surface area contributed by atoms with E-state index >= 15 is 0 Å². The number of nitrogens with zero attached hydrogens (tertiary/aromatic N) is 1. The van der Waals surface area contributed by atoms with Gasteiger partial charge in [0.1, 0.15) is 5.82 Å². The van der Waals surface area contributed by atoms with Gasteiger partial charge in [-0.1, -0.05) is 48.5 Å². The molecule has 31 heavy (non-hydrogen) atoms. The Bertz CT molecular complexity index is 1630. The van der Waals surface area contributed by atoms with Crippen LogP contribution >= 0.6 is 0 Å². The van der Waals surface area contributed by atoms with Crippen LogP contribution in [0.5, 0.6) is 0 Å². The number of hydrogen-bond acceptors (Lipinski definition) is 3. The van der Waals surface area contributed by atoms with Crippen LogP contribution in [0.1, 0.15) is 0 Å². The van der Waals surface area contributed by atoms with Gasteiger partial charge in [0.15, 0.2) is 0 Å². The second-order valence-electron chi connectivity index (χ2n) is 7.62. The van der Waals surface area contributed by atoms with Gasteiger partial charge >= 0.3 is 0 Å². The number of nitrogens with two attached hydrogens (primary N) is 1. The van der Waals surface area contributed by atoms with Crippen LogP contribution in [0.4, 0.5) is 5.69 Å². The standard InChI is InChI=1S/C25H19N5O/c26-12-22(31)28-14-9-10-16-15-5-1-2-7-18(15)23-24(19(16)11-14)30-25(29-23)20-13-27-21-8-4-3-6-17(20)21/h1-11,13,27H,12,26H2,(H,28,31)(H,29,30). The average Bonchev–Trinajstić information content (AvgIpc) is 3.44.